The molecule has 0 aromatic carbocycles. The Bertz CT molecular complexity index is 1190. The summed E-state index contributed by atoms with van der Waals surface area (Å²) in [6, 6.07) is 14.9. The fourth-order valence-electron chi connectivity index (χ4n) is 3.45. The number of nitrogens with zero attached hydrogens (tertiary/aromatic N) is 6. The summed E-state index contributed by atoms with van der Waals surface area (Å²) in [6.45, 7) is 2.54. The maximum absolute atomic E-state index is 12.2. The molecule has 8 nitrogen and oxygen atoms in total. The Balaban J connectivity index is 1.18. The maximum atomic E-state index is 12.2. The van der Waals surface area contributed by atoms with Crippen LogP contribution in [0.25, 0.3) is 16.9 Å². The highest BCUT2D eigenvalue weighted by molar-refractivity contribution is 5.59. The Morgan fingerprint density at radius 1 is 1.03 bits per heavy atom. The van der Waals surface area contributed by atoms with Crippen molar-refractivity contribution in [1.29, 1.82) is 0 Å². The SMILES string of the molecule is O=c1cc(NCC2CN(c3ccc(-c4ccncc4)nn3)C2)nc2ccccn12. The summed E-state index contributed by atoms with van der Waals surface area (Å²) in [7, 11) is 0. The van der Waals surface area contributed by atoms with Gasteiger partial charge < -0.3 is 10.2 Å². The van der Waals surface area contributed by atoms with Crippen molar-refractivity contribution in [1.82, 2.24) is 24.6 Å². The Labute approximate surface area is 166 Å². The first kappa shape index (κ1) is 17.3. The molecule has 8 heteroatoms. The minimum Gasteiger partial charge on any atom is -0.369 e. The van der Waals surface area contributed by atoms with E-state index in [-0.39, 0.29) is 5.56 Å². The topological polar surface area (TPSA) is 88.3 Å². The quantitative estimate of drug-likeness (QED) is 0.563. The lowest BCUT2D eigenvalue weighted by molar-refractivity contribution is 0.425. The first-order valence-corrected chi connectivity index (χ1v) is 9.48. The van der Waals surface area contributed by atoms with Crippen LogP contribution in [-0.2, 0) is 0 Å². The molecule has 29 heavy (non-hydrogen) atoms. The lowest BCUT2D eigenvalue weighted by atomic mass is 10.0. The third-order valence-corrected chi connectivity index (χ3v) is 5.05. The minimum absolute atomic E-state index is 0.0853. The average molecular weight is 385 g/mol. The molecule has 0 aliphatic carbocycles. The van der Waals surface area contributed by atoms with Crippen molar-refractivity contribution >= 4 is 17.3 Å². The molecule has 0 atom stereocenters. The fourth-order valence-corrected chi connectivity index (χ4v) is 3.45. The van der Waals surface area contributed by atoms with Gasteiger partial charge in [-0.3, -0.25) is 14.2 Å². The van der Waals surface area contributed by atoms with Gasteiger partial charge in [-0.1, -0.05) is 6.07 Å². The summed E-state index contributed by atoms with van der Waals surface area (Å²) in [5.74, 6) is 1.95. The molecule has 1 fully saturated rings. The summed E-state index contributed by atoms with van der Waals surface area (Å²) in [5, 5.41) is 12.0. The smallest absolute Gasteiger partial charge is 0.259 e. The second-order valence-electron chi connectivity index (χ2n) is 7.07. The van der Waals surface area contributed by atoms with Gasteiger partial charge >= 0.3 is 0 Å². The summed E-state index contributed by atoms with van der Waals surface area (Å²) >= 11 is 0. The second kappa shape index (κ2) is 7.31. The van der Waals surface area contributed by atoms with Crippen LogP contribution in [0.4, 0.5) is 11.6 Å². The predicted molar refractivity (Wildman–Crippen MR) is 111 cm³/mol. The molecule has 1 aliphatic heterocycles. The zero-order valence-corrected chi connectivity index (χ0v) is 15.6. The van der Waals surface area contributed by atoms with E-state index < -0.39 is 0 Å². The van der Waals surface area contributed by atoms with Gasteiger partial charge in [0.15, 0.2) is 5.82 Å². The van der Waals surface area contributed by atoms with Gasteiger partial charge in [0.1, 0.15) is 11.5 Å². The Kier molecular flexibility index (Phi) is 4.36. The van der Waals surface area contributed by atoms with E-state index in [4.69, 9.17) is 0 Å². The summed E-state index contributed by atoms with van der Waals surface area (Å²) < 4.78 is 1.53. The third-order valence-electron chi connectivity index (χ3n) is 5.05. The van der Waals surface area contributed by atoms with Crippen LogP contribution in [0.3, 0.4) is 0 Å². The molecule has 0 saturated carbocycles. The van der Waals surface area contributed by atoms with Crippen molar-refractivity contribution in [2.24, 2.45) is 5.92 Å². The molecule has 5 heterocycles. The molecule has 0 radical (unpaired) electrons. The van der Waals surface area contributed by atoms with Crippen molar-refractivity contribution in [3.8, 4) is 11.3 Å². The number of rotatable bonds is 5. The number of pyridine rings is 2. The Hall–Kier alpha value is -3.81. The number of fused-ring (bicyclic) bond motifs is 1. The second-order valence-corrected chi connectivity index (χ2v) is 7.07. The molecule has 1 saturated heterocycles. The maximum Gasteiger partial charge on any atom is 0.259 e. The van der Waals surface area contributed by atoms with Gasteiger partial charge in [-0.2, -0.15) is 0 Å². The van der Waals surface area contributed by atoms with Crippen LogP contribution in [0.5, 0.6) is 0 Å². The van der Waals surface area contributed by atoms with Gasteiger partial charge in [0.05, 0.1) is 5.69 Å². The molecule has 1 aliphatic rings. The fraction of sp³-hybridized carbons (Fsp3) is 0.190. The van der Waals surface area contributed by atoms with Crippen LogP contribution in [0.2, 0.25) is 0 Å². The van der Waals surface area contributed by atoms with Gasteiger partial charge in [-0.25, -0.2) is 4.98 Å². The predicted octanol–water partition coefficient (Wildman–Crippen LogP) is 2.09. The Morgan fingerprint density at radius 3 is 2.69 bits per heavy atom. The van der Waals surface area contributed by atoms with E-state index >= 15 is 0 Å². The number of hydrogen-bond acceptors (Lipinski definition) is 7. The van der Waals surface area contributed by atoms with E-state index in [0.29, 0.717) is 17.4 Å². The monoisotopic (exact) mass is 385 g/mol. The van der Waals surface area contributed by atoms with Crippen molar-refractivity contribution in [3.63, 3.8) is 0 Å². The number of aromatic nitrogens is 5. The van der Waals surface area contributed by atoms with Gasteiger partial charge in [-0.05, 0) is 36.4 Å². The van der Waals surface area contributed by atoms with Crippen LogP contribution in [-0.4, -0.2) is 44.2 Å². The summed E-state index contributed by atoms with van der Waals surface area (Å²) in [5.41, 5.74) is 2.40. The average Bonchev–Trinajstić information content (AvgIpc) is 2.74. The molecule has 0 bridgehead atoms. The molecule has 4 aromatic rings. The molecule has 0 unspecified atom stereocenters. The van der Waals surface area contributed by atoms with E-state index in [0.717, 1.165) is 36.7 Å². The normalized spacial score (nSPS) is 14.0. The molecule has 5 rings (SSSR count). The van der Waals surface area contributed by atoms with Crippen LogP contribution in [0.1, 0.15) is 0 Å². The largest absolute Gasteiger partial charge is 0.369 e. The van der Waals surface area contributed by atoms with Crippen molar-refractivity contribution in [2.75, 3.05) is 29.9 Å². The first-order chi connectivity index (χ1) is 14.3. The molecular formula is C21H19N7O. The van der Waals surface area contributed by atoms with Crippen LogP contribution < -0.4 is 15.8 Å². The van der Waals surface area contributed by atoms with E-state index in [2.05, 4.69) is 30.4 Å². The lowest BCUT2D eigenvalue weighted by Gasteiger charge is -2.40. The van der Waals surface area contributed by atoms with Crippen molar-refractivity contribution in [3.05, 3.63) is 77.5 Å². The minimum atomic E-state index is -0.0853. The zero-order valence-electron chi connectivity index (χ0n) is 15.6. The molecule has 0 amide bonds. The molecule has 144 valence electrons. The molecular weight excluding hydrogens is 366 g/mol. The van der Waals surface area contributed by atoms with Gasteiger partial charge in [-0.15, -0.1) is 10.2 Å². The molecule has 1 N–H and O–H groups in total. The van der Waals surface area contributed by atoms with E-state index in [9.17, 15) is 4.79 Å². The van der Waals surface area contributed by atoms with Crippen LogP contribution in [0, 0.1) is 5.92 Å². The van der Waals surface area contributed by atoms with Crippen LogP contribution in [0.15, 0.2) is 71.9 Å². The van der Waals surface area contributed by atoms with E-state index in [1.165, 1.54) is 10.5 Å². The third kappa shape index (κ3) is 3.52. The van der Waals surface area contributed by atoms with Crippen LogP contribution >= 0.6 is 0 Å². The number of hydrogen-bond donors (Lipinski definition) is 1. The summed E-state index contributed by atoms with van der Waals surface area (Å²) in [6.07, 6.45) is 5.22. The van der Waals surface area contributed by atoms with Crippen molar-refractivity contribution < 1.29 is 0 Å². The Morgan fingerprint density at radius 2 is 1.90 bits per heavy atom. The first-order valence-electron chi connectivity index (χ1n) is 9.48. The lowest BCUT2D eigenvalue weighted by Crippen LogP contribution is -2.50. The van der Waals surface area contributed by atoms with E-state index in [1.54, 1.807) is 18.6 Å². The van der Waals surface area contributed by atoms with Gasteiger partial charge in [0.2, 0.25) is 0 Å². The highest BCUT2D eigenvalue weighted by atomic mass is 16.1. The van der Waals surface area contributed by atoms with Crippen molar-refractivity contribution in [2.45, 2.75) is 0 Å². The highest BCUT2D eigenvalue weighted by Crippen LogP contribution is 2.24. The number of anilines is 2. The van der Waals surface area contributed by atoms with E-state index in [1.807, 2.05) is 42.5 Å². The zero-order chi connectivity index (χ0) is 19.6. The highest BCUT2D eigenvalue weighted by Gasteiger charge is 2.28. The molecule has 0 spiro atoms. The van der Waals surface area contributed by atoms with Gasteiger partial charge in [0.25, 0.3) is 5.56 Å². The summed E-state index contributed by atoms with van der Waals surface area (Å²) in [4.78, 5) is 22.9. The number of nitrogens with one attached hydrogen (secondary N) is 1. The standard InChI is InChI=1S/C21H19N7O/c29-21-11-18(24-19-3-1-2-10-28(19)21)23-12-15-13-27(14-15)20-5-4-17(25-26-20)16-6-8-22-9-7-16/h1-11,15,23H,12-14H2. The molecule has 4 aromatic heterocycles. The van der Waals surface area contributed by atoms with Gasteiger partial charge in [0, 0.05) is 55.8 Å².